The molecule has 13 heavy (non-hydrogen) atoms. The Hall–Kier alpha value is -0.660. The molecule has 2 rings (SSSR count). The topological polar surface area (TPSA) is 0 Å². The van der Waals surface area contributed by atoms with Crippen LogP contribution in [0.5, 0.6) is 0 Å². The molecule has 0 aliphatic carbocycles. The monoisotopic (exact) mass is 208 g/mol. The van der Waals surface area contributed by atoms with Gasteiger partial charge < -0.3 is 0 Å². The van der Waals surface area contributed by atoms with Gasteiger partial charge in [0.15, 0.2) is 0 Å². The molecule has 0 fully saturated rings. The molecule has 0 aliphatic rings. The van der Waals surface area contributed by atoms with Gasteiger partial charge in [-0.05, 0) is 51.5 Å². The van der Waals surface area contributed by atoms with Crippen LogP contribution in [0.1, 0.15) is 5.56 Å². The highest BCUT2D eigenvalue weighted by Crippen LogP contribution is 2.26. The first-order valence-electron chi connectivity index (χ1n) is 4.08. The lowest BCUT2D eigenvalue weighted by Crippen LogP contribution is -1.75. The third kappa shape index (κ3) is 1.82. The molecule has 0 nitrogen and oxygen atoms in total. The number of hydrogen-bond donors (Lipinski definition) is 0. The Morgan fingerprint density at radius 3 is 2.46 bits per heavy atom. The molecular formula is C11H9ClS. The highest BCUT2D eigenvalue weighted by atomic mass is 35.7. The maximum atomic E-state index is 5.68. The lowest BCUT2D eigenvalue weighted by molar-refractivity contribution is 1.47. The first-order valence-corrected chi connectivity index (χ1v) is 5.73. The van der Waals surface area contributed by atoms with Crippen molar-refractivity contribution in [3.63, 3.8) is 0 Å². The van der Waals surface area contributed by atoms with Crippen LogP contribution < -0.4 is 0 Å². The number of halogens is 1. The molecule has 0 N–H and O–H groups in total. The van der Waals surface area contributed by atoms with E-state index >= 15 is 0 Å². The van der Waals surface area contributed by atoms with Crippen molar-refractivity contribution in [3.8, 4) is 0 Å². The molecule has 66 valence electrons. The maximum absolute atomic E-state index is 5.68. The van der Waals surface area contributed by atoms with Crippen molar-refractivity contribution in [2.24, 2.45) is 0 Å². The first kappa shape index (κ1) is 8.92. The third-order valence-electron chi connectivity index (χ3n) is 2.06. The van der Waals surface area contributed by atoms with Crippen LogP contribution >= 0.6 is 21.7 Å². The highest BCUT2D eigenvalue weighted by molar-refractivity contribution is 8.21. The normalized spacial score (nSPS) is 10.6. The van der Waals surface area contributed by atoms with Gasteiger partial charge in [0.2, 0.25) is 0 Å². The van der Waals surface area contributed by atoms with Gasteiger partial charge in [0.25, 0.3) is 0 Å². The molecule has 2 heteroatoms. The SMILES string of the molecule is Cc1ccc2cc(SCl)ccc2c1. The minimum atomic E-state index is 1.10. The van der Waals surface area contributed by atoms with Crippen molar-refractivity contribution in [1.29, 1.82) is 0 Å². The molecule has 2 aromatic rings. The molecule has 0 atom stereocenters. The van der Waals surface area contributed by atoms with E-state index in [9.17, 15) is 0 Å². The lowest BCUT2D eigenvalue weighted by Gasteiger charge is -2.00. The maximum Gasteiger partial charge on any atom is 0.0239 e. The van der Waals surface area contributed by atoms with Gasteiger partial charge in [0, 0.05) is 4.90 Å². The van der Waals surface area contributed by atoms with Crippen LogP contribution in [-0.2, 0) is 0 Å². The summed E-state index contributed by atoms with van der Waals surface area (Å²) in [7, 11) is 6.94. The standard InChI is InChI=1S/C11H9ClS/c1-8-2-3-10-7-11(13-12)5-4-9(10)6-8/h2-7H,1H3. The van der Waals surface area contributed by atoms with Crippen molar-refractivity contribution in [1.82, 2.24) is 0 Å². The van der Waals surface area contributed by atoms with Gasteiger partial charge in [-0.15, -0.1) is 0 Å². The Labute approximate surface area is 86.4 Å². The van der Waals surface area contributed by atoms with E-state index in [1.165, 1.54) is 27.3 Å². The van der Waals surface area contributed by atoms with Crippen LogP contribution in [0.4, 0.5) is 0 Å². The van der Waals surface area contributed by atoms with Crippen LogP contribution in [0.15, 0.2) is 41.3 Å². The van der Waals surface area contributed by atoms with Crippen molar-refractivity contribution in [2.75, 3.05) is 0 Å². The fourth-order valence-corrected chi connectivity index (χ4v) is 1.97. The summed E-state index contributed by atoms with van der Waals surface area (Å²) in [5, 5.41) is 2.52. The van der Waals surface area contributed by atoms with Crippen LogP contribution in [0, 0.1) is 6.92 Å². The molecule has 0 spiro atoms. The molecule has 2 aromatic carbocycles. The molecule has 0 amide bonds. The summed E-state index contributed by atoms with van der Waals surface area (Å²) in [6.07, 6.45) is 0. The minimum Gasteiger partial charge on any atom is -0.0587 e. The number of fused-ring (bicyclic) bond motifs is 1. The Morgan fingerprint density at radius 2 is 1.69 bits per heavy atom. The summed E-state index contributed by atoms with van der Waals surface area (Å²) < 4.78 is 0. The van der Waals surface area contributed by atoms with Gasteiger partial charge in [-0.1, -0.05) is 29.8 Å². The highest BCUT2D eigenvalue weighted by Gasteiger charge is 1.95. The van der Waals surface area contributed by atoms with E-state index in [1.54, 1.807) is 0 Å². The average molecular weight is 209 g/mol. The summed E-state index contributed by atoms with van der Waals surface area (Å²) in [4.78, 5) is 1.10. The van der Waals surface area contributed by atoms with Crippen molar-refractivity contribution in [3.05, 3.63) is 42.0 Å². The van der Waals surface area contributed by atoms with Gasteiger partial charge in [-0.3, -0.25) is 0 Å². The predicted octanol–water partition coefficient (Wildman–Crippen LogP) is 4.39. The van der Waals surface area contributed by atoms with E-state index in [1.807, 2.05) is 6.07 Å². The summed E-state index contributed by atoms with van der Waals surface area (Å²) in [6, 6.07) is 12.7. The summed E-state index contributed by atoms with van der Waals surface area (Å²) in [5.41, 5.74) is 1.29. The zero-order chi connectivity index (χ0) is 9.26. The fourth-order valence-electron chi connectivity index (χ4n) is 1.39. The second-order valence-electron chi connectivity index (χ2n) is 3.09. The van der Waals surface area contributed by atoms with E-state index < -0.39 is 0 Å². The Morgan fingerprint density at radius 1 is 1.00 bits per heavy atom. The second-order valence-corrected chi connectivity index (χ2v) is 4.18. The molecule has 0 bridgehead atoms. The molecule has 0 saturated heterocycles. The van der Waals surface area contributed by atoms with Gasteiger partial charge in [0.1, 0.15) is 0 Å². The molecule has 0 heterocycles. The number of aryl methyl sites for hydroxylation is 1. The number of benzene rings is 2. The molecule has 0 radical (unpaired) electrons. The Bertz CT molecular complexity index is 437. The fraction of sp³-hybridized carbons (Fsp3) is 0.0909. The lowest BCUT2D eigenvalue weighted by atomic mass is 10.1. The molecule has 0 aliphatic heterocycles. The van der Waals surface area contributed by atoms with E-state index in [4.69, 9.17) is 10.7 Å². The molecule has 0 unspecified atom stereocenters. The smallest absolute Gasteiger partial charge is 0.0239 e. The van der Waals surface area contributed by atoms with Gasteiger partial charge in [-0.2, -0.15) is 0 Å². The second kappa shape index (κ2) is 3.60. The van der Waals surface area contributed by atoms with E-state index in [-0.39, 0.29) is 0 Å². The van der Waals surface area contributed by atoms with E-state index in [2.05, 4.69) is 37.3 Å². The largest absolute Gasteiger partial charge is 0.0587 e. The summed E-state index contributed by atoms with van der Waals surface area (Å²) in [6.45, 7) is 2.10. The van der Waals surface area contributed by atoms with Gasteiger partial charge in [0.05, 0.1) is 0 Å². The van der Waals surface area contributed by atoms with Gasteiger partial charge in [-0.25, -0.2) is 0 Å². The van der Waals surface area contributed by atoms with Crippen molar-refractivity contribution < 1.29 is 0 Å². The Kier molecular flexibility index (Phi) is 2.47. The Balaban J connectivity index is 2.66. The van der Waals surface area contributed by atoms with Gasteiger partial charge >= 0.3 is 0 Å². The quantitative estimate of drug-likeness (QED) is 0.670. The van der Waals surface area contributed by atoms with E-state index in [0.717, 1.165) is 4.90 Å². The zero-order valence-electron chi connectivity index (χ0n) is 7.25. The predicted molar refractivity (Wildman–Crippen MR) is 60.4 cm³/mol. The number of rotatable bonds is 1. The van der Waals surface area contributed by atoms with Crippen LogP contribution in [-0.4, -0.2) is 0 Å². The third-order valence-corrected chi connectivity index (χ3v) is 3.02. The molecular weight excluding hydrogens is 200 g/mol. The number of hydrogen-bond acceptors (Lipinski definition) is 1. The first-order chi connectivity index (χ1) is 6.29. The van der Waals surface area contributed by atoms with Crippen LogP contribution in [0.2, 0.25) is 0 Å². The van der Waals surface area contributed by atoms with Crippen molar-refractivity contribution in [2.45, 2.75) is 11.8 Å². The summed E-state index contributed by atoms with van der Waals surface area (Å²) >= 11 is 0. The summed E-state index contributed by atoms with van der Waals surface area (Å²) in [5.74, 6) is 0. The minimum absolute atomic E-state index is 1.10. The van der Waals surface area contributed by atoms with Crippen molar-refractivity contribution >= 4 is 32.4 Å². The molecule has 0 saturated carbocycles. The van der Waals surface area contributed by atoms with E-state index in [0.29, 0.717) is 0 Å². The average Bonchev–Trinajstić information content (AvgIpc) is 2.17. The molecule has 0 aromatic heterocycles. The zero-order valence-corrected chi connectivity index (χ0v) is 8.82. The van der Waals surface area contributed by atoms with Crippen LogP contribution in [0.3, 0.4) is 0 Å². The van der Waals surface area contributed by atoms with Crippen LogP contribution in [0.25, 0.3) is 10.8 Å².